The van der Waals surface area contributed by atoms with Crippen LogP contribution in [0.1, 0.15) is 79.6 Å². The number of rotatable bonds is 13. The van der Waals surface area contributed by atoms with Gasteiger partial charge in [-0.1, -0.05) is 47.1 Å². The largest absolute Gasteiger partial charge is 0.314 e. The van der Waals surface area contributed by atoms with E-state index in [1.165, 1.54) is 45.1 Å². The molecule has 0 fully saturated rings. The minimum Gasteiger partial charge on any atom is -0.314 e. The minimum atomic E-state index is 0.674. The van der Waals surface area contributed by atoms with Crippen LogP contribution in [0.25, 0.3) is 0 Å². The van der Waals surface area contributed by atoms with Crippen molar-refractivity contribution in [1.29, 1.82) is 0 Å². The van der Waals surface area contributed by atoms with Crippen molar-refractivity contribution < 1.29 is 0 Å². The zero-order valence-electron chi connectivity index (χ0n) is 14.8. The summed E-state index contributed by atoms with van der Waals surface area (Å²) in [6.45, 7) is 16.8. The highest BCUT2D eigenvalue weighted by molar-refractivity contribution is 4.78. The van der Waals surface area contributed by atoms with E-state index in [9.17, 15) is 0 Å². The summed E-state index contributed by atoms with van der Waals surface area (Å²) in [4.78, 5) is 0. The number of hydrogen-bond donors (Lipinski definition) is 1. The van der Waals surface area contributed by atoms with Crippen LogP contribution in [-0.2, 0) is 0 Å². The third-order valence-electron chi connectivity index (χ3n) is 4.27. The Morgan fingerprint density at radius 3 is 2.30 bits per heavy atom. The van der Waals surface area contributed by atoms with E-state index in [1.54, 1.807) is 0 Å². The molecule has 3 unspecified atom stereocenters. The van der Waals surface area contributed by atoms with Crippen molar-refractivity contribution in [2.75, 3.05) is 6.54 Å². The van der Waals surface area contributed by atoms with Gasteiger partial charge in [-0.3, -0.25) is 0 Å². The van der Waals surface area contributed by atoms with Gasteiger partial charge in [0.05, 0.1) is 0 Å². The molecule has 0 radical (unpaired) electrons. The van der Waals surface area contributed by atoms with E-state index in [2.05, 4.69) is 52.6 Å². The molecule has 0 spiro atoms. The lowest BCUT2D eigenvalue weighted by Crippen LogP contribution is -2.35. The van der Waals surface area contributed by atoms with Crippen LogP contribution >= 0.6 is 0 Å². The molecule has 20 heavy (non-hydrogen) atoms. The van der Waals surface area contributed by atoms with Crippen LogP contribution in [0.5, 0.6) is 0 Å². The SMILES string of the molecule is C=CCCC(NCCCC(C)CC(C)C)C(C)CCC. The van der Waals surface area contributed by atoms with Gasteiger partial charge >= 0.3 is 0 Å². The number of hydrogen-bond acceptors (Lipinski definition) is 1. The molecule has 0 aromatic heterocycles. The molecule has 3 atom stereocenters. The molecule has 0 heterocycles. The van der Waals surface area contributed by atoms with Gasteiger partial charge in [-0.05, 0) is 62.8 Å². The van der Waals surface area contributed by atoms with E-state index in [-0.39, 0.29) is 0 Å². The highest BCUT2D eigenvalue weighted by Crippen LogP contribution is 2.18. The fourth-order valence-electron chi connectivity index (χ4n) is 3.20. The van der Waals surface area contributed by atoms with E-state index in [0.717, 1.165) is 24.2 Å². The van der Waals surface area contributed by atoms with Crippen molar-refractivity contribution in [3.8, 4) is 0 Å². The molecule has 0 saturated heterocycles. The summed E-state index contributed by atoms with van der Waals surface area (Å²) in [5, 5.41) is 3.80. The van der Waals surface area contributed by atoms with Crippen molar-refractivity contribution in [3.63, 3.8) is 0 Å². The second-order valence-corrected chi connectivity index (χ2v) is 7.07. The first-order chi connectivity index (χ1) is 9.51. The van der Waals surface area contributed by atoms with E-state index < -0.39 is 0 Å². The monoisotopic (exact) mass is 281 g/mol. The third-order valence-corrected chi connectivity index (χ3v) is 4.27. The van der Waals surface area contributed by atoms with Crippen LogP contribution in [0.2, 0.25) is 0 Å². The lowest BCUT2D eigenvalue weighted by Gasteiger charge is -2.25. The molecule has 0 saturated carbocycles. The fraction of sp³-hybridized carbons (Fsp3) is 0.895. The third kappa shape index (κ3) is 10.5. The summed E-state index contributed by atoms with van der Waals surface area (Å²) >= 11 is 0. The molecular weight excluding hydrogens is 242 g/mol. The van der Waals surface area contributed by atoms with Crippen molar-refractivity contribution in [2.24, 2.45) is 17.8 Å². The molecule has 1 N–H and O–H groups in total. The van der Waals surface area contributed by atoms with Crippen LogP contribution in [0.4, 0.5) is 0 Å². The summed E-state index contributed by atoms with van der Waals surface area (Å²) in [5.41, 5.74) is 0. The van der Waals surface area contributed by atoms with E-state index in [4.69, 9.17) is 0 Å². The minimum absolute atomic E-state index is 0.674. The maximum absolute atomic E-state index is 3.86. The topological polar surface area (TPSA) is 12.0 Å². The maximum Gasteiger partial charge on any atom is 0.00956 e. The Hall–Kier alpha value is -0.300. The van der Waals surface area contributed by atoms with Crippen molar-refractivity contribution in [3.05, 3.63) is 12.7 Å². The van der Waals surface area contributed by atoms with Gasteiger partial charge in [0.15, 0.2) is 0 Å². The summed E-state index contributed by atoms with van der Waals surface area (Å²) in [5.74, 6) is 2.49. The fourth-order valence-corrected chi connectivity index (χ4v) is 3.20. The second-order valence-electron chi connectivity index (χ2n) is 7.07. The van der Waals surface area contributed by atoms with Gasteiger partial charge in [0.25, 0.3) is 0 Å². The van der Waals surface area contributed by atoms with Crippen LogP contribution in [-0.4, -0.2) is 12.6 Å². The highest BCUT2D eigenvalue weighted by Gasteiger charge is 2.15. The molecule has 0 aromatic rings. The lowest BCUT2D eigenvalue weighted by molar-refractivity contribution is 0.327. The Labute approximate surface area is 128 Å². The van der Waals surface area contributed by atoms with Gasteiger partial charge in [-0.15, -0.1) is 6.58 Å². The zero-order valence-corrected chi connectivity index (χ0v) is 14.8. The Kier molecular flexibility index (Phi) is 12.3. The molecule has 0 aliphatic rings. The molecule has 0 aliphatic carbocycles. The van der Waals surface area contributed by atoms with Gasteiger partial charge < -0.3 is 5.32 Å². The average molecular weight is 282 g/mol. The molecule has 1 heteroatoms. The molecule has 120 valence electrons. The highest BCUT2D eigenvalue weighted by atomic mass is 14.9. The Bertz CT molecular complexity index is 222. The molecule has 0 aromatic carbocycles. The van der Waals surface area contributed by atoms with E-state index in [0.29, 0.717) is 6.04 Å². The molecular formula is C19H39N. The smallest absolute Gasteiger partial charge is 0.00956 e. The predicted octanol–water partition coefficient (Wildman–Crippen LogP) is 5.81. The normalized spacial score (nSPS) is 16.1. The van der Waals surface area contributed by atoms with Gasteiger partial charge in [0.1, 0.15) is 0 Å². The Balaban J connectivity index is 3.91. The van der Waals surface area contributed by atoms with Gasteiger partial charge in [-0.25, -0.2) is 0 Å². The van der Waals surface area contributed by atoms with Crippen molar-refractivity contribution >= 4 is 0 Å². The zero-order chi connectivity index (χ0) is 15.4. The van der Waals surface area contributed by atoms with Gasteiger partial charge in [0, 0.05) is 6.04 Å². The standard InChI is InChI=1S/C19H39N/c1-7-9-13-19(18(6)11-8-2)20-14-10-12-17(5)15-16(3)4/h7,16-20H,1,8-15H2,2-6H3. The molecule has 0 rings (SSSR count). The molecule has 0 bridgehead atoms. The number of nitrogens with one attached hydrogen (secondary N) is 1. The van der Waals surface area contributed by atoms with E-state index >= 15 is 0 Å². The van der Waals surface area contributed by atoms with Crippen LogP contribution in [0, 0.1) is 17.8 Å². The molecule has 1 nitrogen and oxygen atoms in total. The van der Waals surface area contributed by atoms with Gasteiger partial charge in [-0.2, -0.15) is 0 Å². The lowest BCUT2D eigenvalue weighted by atomic mass is 9.92. The molecule has 0 amide bonds. The van der Waals surface area contributed by atoms with Gasteiger partial charge in [0.2, 0.25) is 0 Å². The average Bonchev–Trinajstić information content (AvgIpc) is 2.37. The second kappa shape index (κ2) is 12.4. The predicted molar refractivity (Wildman–Crippen MR) is 93.1 cm³/mol. The quantitative estimate of drug-likeness (QED) is 0.332. The summed E-state index contributed by atoms with van der Waals surface area (Å²) in [6.07, 6.45) is 11.1. The van der Waals surface area contributed by atoms with E-state index in [1.807, 2.05) is 0 Å². The summed E-state index contributed by atoms with van der Waals surface area (Å²) in [6, 6.07) is 0.674. The summed E-state index contributed by atoms with van der Waals surface area (Å²) < 4.78 is 0. The van der Waals surface area contributed by atoms with Crippen LogP contribution in [0.15, 0.2) is 12.7 Å². The molecule has 0 aliphatic heterocycles. The first kappa shape index (κ1) is 19.7. The van der Waals surface area contributed by atoms with Crippen LogP contribution in [0.3, 0.4) is 0 Å². The van der Waals surface area contributed by atoms with Crippen LogP contribution < -0.4 is 5.32 Å². The number of allylic oxidation sites excluding steroid dienone is 1. The first-order valence-electron chi connectivity index (χ1n) is 8.85. The Morgan fingerprint density at radius 1 is 1.05 bits per heavy atom. The first-order valence-corrected chi connectivity index (χ1v) is 8.85. The summed E-state index contributed by atoms with van der Waals surface area (Å²) in [7, 11) is 0. The Morgan fingerprint density at radius 2 is 1.75 bits per heavy atom. The van der Waals surface area contributed by atoms with Crippen molar-refractivity contribution in [2.45, 2.75) is 85.6 Å². The maximum atomic E-state index is 3.86. The van der Waals surface area contributed by atoms with Crippen molar-refractivity contribution in [1.82, 2.24) is 5.32 Å².